The molecule has 0 spiro atoms. The molecule has 6 nitrogen and oxygen atoms in total. The Balaban J connectivity index is 1.63. The molecular weight excluding hydrogens is 362 g/mol. The number of carbonyl (C=O) groups is 1. The van der Waals surface area contributed by atoms with E-state index >= 15 is 0 Å². The standard InChI is InChI=1S/C20H23N3O3S/c1-3-26-20(25)17-12-23(13-21-17)18(14(2)24)10-11-27-19-9-8-15-6-4-5-7-16(15)22-19/h4-9,12-14,18,24H,3,10-11H2,1-2H3. The van der Waals surface area contributed by atoms with Crippen LogP contribution in [0.15, 0.2) is 53.9 Å². The molecule has 0 aliphatic heterocycles. The van der Waals surface area contributed by atoms with Gasteiger partial charge >= 0.3 is 5.97 Å². The maximum atomic E-state index is 11.8. The highest BCUT2D eigenvalue weighted by molar-refractivity contribution is 7.99. The van der Waals surface area contributed by atoms with Crippen molar-refractivity contribution in [3.05, 3.63) is 54.6 Å². The summed E-state index contributed by atoms with van der Waals surface area (Å²) in [5.74, 6) is 0.337. The molecule has 27 heavy (non-hydrogen) atoms. The largest absolute Gasteiger partial charge is 0.461 e. The second kappa shape index (κ2) is 9.01. The van der Waals surface area contributed by atoms with Gasteiger partial charge in [-0.15, -0.1) is 11.8 Å². The third kappa shape index (κ3) is 4.87. The van der Waals surface area contributed by atoms with Crippen LogP contribution in [0.2, 0.25) is 0 Å². The molecule has 2 atom stereocenters. The van der Waals surface area contributed by atoms with E-state index in [-0.39, 0.29) is 11.7 Å². The van der Waals surface area contributed by atoms with Gasteiger partial charge in [0.1, 0.15) is 0 Å². The summed E-state index contributed by atoms with van der Waals surface area (Å²) in [7, 11) is 0. The van der Waals surface area contributed by atoms with Gasteiger partial charge in [0.15, 0.2) is 5.69 Å². The summed E-state index contributed by atoms with van der Waals surface area (Å²) in [6, 6.07) is 11.9. The molecular formula is C20H23N3O3S. The second-order valence-electron chi connectivity index (χ2n) is 6.21. The lowest BCUT2D eigenvalue weighted by molar-refractivity contribution is 0.0519. The Morgan fingerprint density at radius 1 is 1.30 bits per heavy atom. The molecule has 2 aromatic heterocycles. The molecule has 0 saturated carbocycles. The van der Waals surface area contributed by atoms with Gasteiger partial charge in [-0.25, -0.2) is 14.8 Å². The van der Waals surface area contributed by atoms with Gasteiger partial charge < -0.3 is 14.4 Å². The third-order valence-electron chi connectivity index (χ3n) is 4.26. The average molecular weight is 385 g/mol. The van der Waals surface area contributed by atoms with Crippen LogP contribution in [0, 0.1) is 0 Å². The van der Waals surface area contributed by atoms with Gasteiger partial charge in [0.25, 0.3) is 0 Å². The van der Waals surface area contributed by atoms with E-state index < -0.39 is 12.1 Å². The number of benzene rings is 1. The normalized spacial score (nSPS) is 13.4. The lowest BCUT2D eigenvalue weighted by Crippen LogP contribution is -2.21. The molecule has 0 aliphatic rings. The minimum Gasteiger partial charge on any atom is -0.461 e. The van der Waals surface area contributed by atoms with Gasteiger partial charge in [0.2, 0.25) is 0 Å². The number of pyridine rings is 1. The van der Waals surface area contributed by atoms with Crippen molar-refractivity contribution in [2.75, 3.05) is 12.4 Å². The first-order valence-corrected chi connectivity index (χ1v) is 9.94. The van der Waals surface area contributed by atoms with Crippen LogP contribution >= 0.6 is 11.8 Å². The summed E-state index contributed by atoms with van der Waals surface area (Å²) in [4.78, 5) is 20.5. The topological polar surface area (TPSA) is 77.2 Å². The van der Waals surface area contributed by atoms with E-state index in [9.17, 15) is 9.90 Å². The average Bonchev–Trinajstić information content (AvgIpc) is 3.15. The van der Waals surface area contributed by atoms with E-state index in [1.54, 1.807) is 42.7 Å². The van der Waals surface area contributed by atoms with Crippen LogP contribution in [0.1, 0.15) is 36.8 Å². The predicted octanol–water partition coefficient (Wildman–Crippen LogP) is 3.71. The third-order valence-corrected chi connectivity index (χ3v) is 5.23. The van der Waals surface area contributed by atoms with Crippen LogP contribution in [0.5, 0.6) is 0 Å². The molecule has 3 rings (SSSR count). The number of para-hydroxylation sites is 1. The summed E-state index contributed by atoms with van der Waals surface area (Å²) in [5.41, 5.74) is 1.23. The van der Waals surface area contributed by atoms with Crippen LogP contribution in [0.4, 0.5) is 0 Å². The van der Waals surface area contributed by atoms with E-state index in [1.165, 1.54) is 0 Å². The second-order valence-corrected chi connectivity index (χ2v) is 7.33. The molecule has 3 aromatic rings. The molecule has 142 valence electrons. The van der Waals surface area contributed by atoms with Gasteiger partial charge in [-0.05, 0) is 32.4 Å². The molecule has 2 unspecified atom stereocenters. The highest BCUT2D eigenvalue weighted by Crippen LogP contribution is 2.25. The maximum absolute atomic E-state index is 11.8. The van der Waals surface area contributed by atoms with Crippen molar-refractivity contribution in [2.24, 2.45) is 0 Å². The zero-order valence-corrected chi connectivity index (χ0v) is 16.2. The minimum atomic E-state index is -0.570. The molecule has 0 saturated heterocycles. The molecule has 2 heterocycles. The van der Waals surface area contributed by atoms with E-state index in [1.807, 2.05) is 30.3 Å². The number of ether oxygens (including phenoxy) is 1. The van der Waals surface area contributed by atoms with Gasteiger partial charge in [-0.3, -0.25) is 0 Å². The van der Waals surface area contributed by atoms with E-state index in [4.69, 9.17) is 4.74 Å². The lowest BCUT2D eigenvalue weighted by atomic mass is 10.1. The Bertz CT molecular complexity index is 910. The fraction of sp³-hybridized carbons (Fsp3) is 0.350. The van der Waals surface area contributed by atoms with Crippen molar-refractivity contribution < 1.29 is 14.6 Å². The number of nitrogens with zero attached hydrogens (tertiary/aromatic N) is 3. The Kier molecular flexibility index (Phi) is 6.47. The number of aliphatic hydroxyl groups is 1. The molecule has 0 amide bonds. The quantitative estimate of drug-likeness (QED) is 0.470. The van der Waals surface area contributed by atoms with E-state index in [0.717, 1.165) is 28.1 Å². The summed E-state index contributed by atoms with van der Waals surface area (Å²) in [5, 5.41) is 12.2. The zero-order chi connectivity index (χ0) is 19.2. The first kappa shape index (κ1) is 19.4. The Labute approximate surface area is 162 Å². The molecule has 0 radical (unpaired) electrons. The van der Waals surface area contributed by atoms with Gasteiger partial charge in [0, 0.05) is 17.3 Å². The SMILES string of the molecule is CCOC(=O)c1cn(C(CCSc2ccc3ccccc3n2)C(C)O)cn1. The van der Waals surface area contributed by atoms with Crippen molar-refractivity contribution in [1.29, 1.82) is 0 Å². The van der Waals surface area contributed by atoms with Gasteiger partial charge in [0.05, 0.1) is 35.6 Å². The molecule has 0 bridgehead atoms. The first-order chi connectivity index (χ1) is 13.1. The number of fused-ring (bicyclic) bond motifs is 1. The summed E-state index contributed by atoms with van der Waals surface area (Å²) in [6.45, 7) is 3.81. The molecule has 1 N–H and O–H groups in total. The summed E-state index contributed by atoms with van der Waals surface area (Å²) >= 11 is 1.65. The monoisotopic (exact) mass is 385 g/mol. The fourth-order valence-electron chi connectivity index (χ4n) is 2.88. The molecule has 7 heteroatoms. The highest BCUT2D eigenvalue weighted by Gasteiger charge is 2.19. The molecule has 0 aliphatic carbocycles. The highest BCUT2D eigenvalue weighted by atomic mass is 32.2. The lowest BCUT2D eigenvalue weighted by Gasteiger charge is -2.21. The number of aliphatic hydroxyl groups excluding tert-OH is 1. The van der Waals surface area contributed by atoms with Crippen molar-refractivity contribution in [1.82, 2.24) is 14.5 Å². The van der Waals surface area contributed by atoms with E-state index in [0.29, 0.717) is 6.61 Å². The number of hydrogen-bond donors (Lipinski definition) is 1. The smallest absolute Gasteiger partial charge is 0.358 e. The summed E-state index contributed by atoms with van der Waals surface area (Å²) in [6.07, 6.45) is 3.35. The molecule has 0 fully saturated rings. The minimum absolute atomic E-state index is 0.173. The van der Waals surface area contributed by atoms with Crippen LogP contribution in [0.25, 0.3) is 10.9 Å². The van der Waals surface area contributed by atoms with Crippen LogP contribution in [-0.2, 0) is 4.74 Å². The zero-order valence-electron chi connectivity index (χ0n) is 15.4. The van der Waals surface area contributed by atoms with Crippen LogP contribution in [0.3, 0.4) is 0 Å². The van der Waals surface area contributed by atoms with E-state index in [2.05, 4.69) is 16.0 Å². The predicted molar refractivity (Wildman–Crippen MR) is 106 cm³/mol. The molecule has 1 aromatic carbocycles. The number of imidazole rings is 1. The Morgan fingerprint density at radius 2 is 2.11 bits per heavy atom. The Morgan fingerprint density at radius 3 is 2.89 bits per heavy atom. The number of esters is 1. The van der Waals surface area contributed by atoms with Crippen molar-refractivity contribution in [2.45, 2.75) is 37.4 Å². The van der Waals surface area contributed by atoms with Crippen LogP contribution < -0.4 is 0 Å². The number of thioether (sulfide) groups is 1. The maximum Gasteiger partial charge on any atom is 0.358 e. The first-order valence-electron chi connectivity index (χ1n) is 8.95. The van der Waals surface area contributed by atoms with Crippen molar-refractivity contribution in [3.63, 3.8) is 0 Å². The van der Waals surface area contributed by atoms with Crippen LogP contribution in [-0.4, -0.2) is 44.1 Å². The summed E-state index contributed by atoms with van der Waals surface area (Å²) < 4.78 is 6.75. The number of carbonyl (C=O) groups excluding carboxylic acids is 1. The number of hydrogen-bond acceptors (Lipinski definition) is 6. The number of rotatable bonds is 8. The van der Waals surface area contributed by atoms with Gasteiger partial charge in [-0.2, -0.15) is 0 Å². The number of aromatic nitrogens is 3. The Hall–Kier alpha value is -2.38. The van der Waals surface area contributed by atoms with Gasteiger partial charge in [-0.1, -0.05) is 24.3 Å². The van der Waals surface area contributed by atoms with Crippen molar-refractivity contribution in [3.8, 4) is 0 Å². The fourth-order valence-corrected chi connectivity index (χ4v) is 3.78. The van der Waals surface area contributed by atoms with Crippen molar-refractivity contribution >= 4 is 28.6 Å².